The molecule has 1 aromatic rings. The van der Waals surface area contributed by atoms with Gasteiger partial charge < -0.3 is 9.64 Å². The Morgan fingerprint density at radius 2 is 2.42 bits per heavy atom. The van der Waals surface area contributed by atoms with E-state index in [-0.39, 0.29) is 5.91 Å². The summed E-state index contributed by atoms with van der Waals surface area (Å²) in [5, 5.41) is 1.96. The van der Waals surface area contributed by atoms with Crippen LogP contribution in [0.15, 0.2) is 17.5 Å². The molecule has 0 aliphatic carbocycles. The molecule has 1 amide bonds. The molecule has 0 aromatic carbocycles. The molecule has 0 bridgehead atoms. The molecule has 3 heterocycles. The predicted molar refractivity (Wildman–Crippen MR) is 75.6 cm³/mol. The first kappa shape index (κ1) is 13.1. The van der Waals surface area contributed by atoms with Crippen molar-refractivity contribution in [1.82, 2.24) is 9.80 Å². The number of amides is 1. The van der Waals surface area contributed by atoms with Gasteiger partial charge in [-0.25, -0.2) is 0 Å². The van der Waals surface area contributed by atoms with E-state index < -0.39 is 0 Å². The lowest BCUT2D eigenvalue weighted by Gasteiger charge is -2.46. The zero-order valence-electron chi connectivity index (χ0n) is 11.2. The number of morpholine rings is 1. The summed E-state index contributed by atoms with van der Waals surface area (Å²) in [5.41, 5.74) is 0. The molecule has 0 radical (unpaired) electrons. The fraction of sp³-hybridized carbons (Fsp3) is 0.643. The molecular weight excluding hydrogens is 260 g/mol. The molecule has 3 rings (SSSR count). The number of nitrogens with zero attached hydrogens (tertiary/aromatic N) is 2. The van der Waals surface area contributed by atoms with E-state index >= 15 is 0 Å². The molecule has 0 spiro atoms. The van der Waals surface area contributed by atoms with Crippen molar-refractivity contribution in [3.8, 4) is 0 Å². The zero-order valence-corrected chi connectivity index (χ0v) is 12.1. The quantitative estimate of drug-likeness (QED) is 0.826. The lowest BCUT2D eigenvalue weighted by Crippen LogP contribution is -2.60. The Bertz CT molecular complexity index is 429. The molecule has 4 nitrogen and oxygen atoms in total. The fourth-order valence-electron chi connectivity index (χ4n) is 3.08. The van der Waals surface area contributed by atoms with Crippen LogP contribution in [-0.4, -0.2) is 60.6 Å². The first-order chi connectivity index (χ1) is 9.29. The lowest BCUT2D eigenvalue weighted by atomic mass is 9.98. The van der Waals surface area contributed by atoms with E-state index in [0.717, 1.165) is 44.1 Å². The van der Waals surface area contributed by atoms with Gasteiger partial charge in [-0.05, 0) is 24.4 Å². The largest absolute Gasteiger partial charge is 0.375 e. The van der Waals surface area contributed by atoms with Crippen molar-refractivity contribution < 1.29 is 9.53 Å². The highest BCUT2D eigenvalue weighted by atomic mass is 32.1. The summed E-state index contributed by atoms with van der Waals surface area (Å²) < 4.78 is 5.86. The Balaban J connectivity index is 1.71. The number of thiophene rings is 1. The smallest absolute Gasteiger partial charge is 0.263 e. The van der Waals surface area contributed by atoms with Gasteiger partial charge in [-0.2, -0.15) is 0 Å². The van der Waals surface area contributed by atoms with Gasteiger partial charge in [-0.3, -0.25) is 9.69 Å². The van der Waals surface area contributed by atoms with Crippen molar-refractivity contribution in [2.45, 2.75) is 25.5 Å². The lowest BCUT2D eigenvalue weighted by molar-refractivity contribution is -0.0961. The van der Waals surface area contributed by atoms with Crippen LogP contribution in [0.2, 0.25) is 0 Å². The number of hydrogen-bond acceptors (Lipinski definition) is 4. The number of likely N-dealkylation sites (N-methyl/N-ethyl adjacent to an activating group) is 1. The SMILES string of the molecule is CCN1CCO[C@H]2CCN(C(=O)c3cccs3)C[C@@H]21. The number of carbonyl (C=O) groups excluding carboxylic acids is 1. The van der Waals surface area contributed by atoms with E-state index in [4.69, 9.17) is 4.74 Å². The van der Waals surface area contributed by atoms with Crippen LogP contribution in [0.3, 0.4) is 0 Å². The number of rotatable bonds is 2. The van der Waals surface area contributed by atoms with E-state index in [9.17, 15) is 4.79 Å². The summed E-state index contributed by atoms with van der Waals surface area (Å²) in [6.07, 6.45) is 1.26. The summed E-state index contributed by atoms with van der Waals surface area (Å²) in [6.45, 7) is 6.64. The molecule has 2 fully saturated rings. The average molecular weight is 280 g/mol. The minimum Gasteiger partial charge on any atom is -0.375 e. The Morgan fingerprint density at radius 3 is 3.16 bits per heavy atom. The van der Waals surface area contributed by atoms with Crippen LogP contribution in [0.25, 0.3) is 0 Å². The van der Waals surface area contributed by atoms with Gasteiger partial charge in [0.1, 0.15) is 0 Å². The highest BCUT2D eigenvalue weighted by Gasteiger charge is 2.37. The van der Waals surface area contributed by atoms with Crippen LogP contribution in [-0.2, 0) is 4.74 Å². The maximum Gasteiger partial charge on any atom is 0.263 e. The molecule has 5 heteroatoms. The Hall–Kier alpha value is -0.910. The molecule has 0 unspecified atom stereocenters. The van der Waals surface area contributed by atoms with E-state index in [2.05, 4.69) is 11.8 Å². The van der Waals surface area contributed by atoms with Gasteiger partial charge in [-0.1, -0.05) is 13.0 Å². The fourth-order valence-corrected chi connectivity index (χ4v) is 3.77. The first-order valence-electron chi connectivity index (χ1n) is 6.98. The molecule has 104 valence electrons. The summed E-state index contributed by atoms with van der Waals surface area (Å²) in [7, 11) is 0. The number of piperidine rings is 1. The Kier molecular flexibility index (Phi) is 3.86. The number of fused-ring (bicyclic) bond motifs is 1. The number of carbonyl (C=O) groups is 1. The summed E-state index contributed by atoms with van der Waals surface area (Å²) >= 11 is 1.52. The first-order valence-corrected chi connectivity index (χ1v) is 7.86. The summed E-state index contributed by atoms with van der Waals surface area (Å²) in [5.74, 6) is 0.176. The summed E-state index contributed by atoms with van der Waals surface area (Å²) in [6, 6.07) is 4.22. The number of likely N-dealkylation sites (tertiary alicyclic amines) is 1. The average Bonchev–Trinajstić information content (AvgIpc) is 2.99. The second kappa shape index (κ2) is 5.61. The van der Waals surface area contributed by atoms with Crippen molar-refractivity contribution in [1.29, 1.82) is 0 Å². The van der Waals surface area contributed by atoms with Crippen LogP contribution in [0.5, 0.6) is 0 Å². The van der Waals surface area contributed by atoms with E-state index in [0.29, 0.717) is 12.1 Å². The molecular formula is C14H20N2O2S. The maximum absolute atomic E-state index is 12.4. The molecule has 2 saturated heterocycles. The van der Waals surface area contributed by atoms with Gasteiger partial charge in [-0.15, -0.1) is 11.3 Å². The van der Waals surface area contributed by atoms with Crippen molar-refractivity contribution >= 4 is 17.2 Å². The molecule has 2 aliphatic rings. The second-order valence-electron chi connectivity index (χ2n) is 5.12. The van der Waals surface area contributed by atoms with Gasteiger partial charge in [0.25, 0.3) is 5.91 Å². The van der Waals surface area contributed by atoms with E-state index in [1.165, 1.54) is 11.3 Å². The molecule has 1 aromatic heterocycles. The van der Waals surface area contributed by atoms with Gasteiger partial charge in [0.15, 0.2) is 0 Å². The highest BCUT2D eigenvalue weighted by Crippen LogP contribution is 2.24. The minimum absolute atomic E-state index is 0.176. The number of hydrogen-bond donors (Lipinski definition) is 0. The minimum atomic E-state index is 0.176. The van der Waals surface area contributed by atoms with Crippen LogP contribution in [0, 0.1) is 0 Å². The third-order valence-electron chi connectivity index (χ3n) is 4.12. The Morgan fingerprint density at radius 1 is 1.53 bits per heavy atom. The monoisotopic (exact) mass is 280 g/mol. The highest BCUT2D eigenvalue weighted by molar-refractivity contribution is 7.12. The topological polar surface area (TPSA) is 32.8 Å². The van der Waals surface area contributed by atoms with Gasteiger partial charge in [0.05, 0.1) is 23.6 Å². The van der Waals surface area contributed by atoms with Crippen LogP contribution >= 0.6 is 11.3 Å². The third kappa shape index (κ3) is 2.55. The molecule has 2 aliphatic heterocycles. The molecule has 0 saturated carbocycles. The van der Waals surface area contributed by atoms with Crippen molar-refractivity contribution in [3.63, 3.8) is 0 Å². The molecule has 2 atom stereocenters. The van der Waals surface area contributed by atoms with Gasteiger partial charge in [0.2, 0.25) is 0 Å². The summed E-state index contributed by atoms with van der Waals surface area (Å²) in [4.78, 5) is 17.7. The van der Waals surface area contributed by atoms with Crippen LogP contribution in [0.4, 0.5) is 0 Å². The molecule has 19 heavy (non-hydrogen) atoms. The van der Waals surface area contributed by atoms with Crippen molar-refractivity contribution in [3.05, 3.63) is 22.4 Å². The third-order valence-corrected chi connectivity index (χ3v) is 4.98. The van der Waals surface area contributed by atoms with E-state index in [1.807, 2.05) is 22.4 Å². The Labute approximate surface area is 118 Å². The van der Waals surface area contributed by atoms with Gasteiger partial charge in [0, 0.05) is 19.6 Å². The van der Waals surface area contributed by atoms with E-state index in [1.54, 1.807) is 0 Å². The maximum atomic E-state index is 12.4. The zero-order chi connectivity index (χ0) is 13.2. The predicted octanol–water partition coefficient (Wildman–Crippen LogP) is 1.68. The van der Waals surface area contributed by atoms with Gasteiger partial charge >= 0.3 is 0 Å². The number of ether oxygens (including phenoxy) is 1. The molecule has 0 N–H and O–H groups in total. The normalized spacial score (nSPS) is 28.2. The standard InChI is InChI=1S/C14H20N2O2S/c1-2-15-7-8-18-12-5-6-16(10-11(12)15)14(17)13-4-3-9-19-13/h3-4,9,11-12H,2,5-8,10H2,1H3/t11-,12-/m0/s1. The van der Waals surface area contributed by atoms with Crippen LogP contribution in [0.1, 0.15) is 23.0 Å². The van der Waals surface area contributed by atoms with Crippen molar-refractivity contribution in [2.75, 3.05) is 32.8 Å². The van der Waals surface area contributed by atoms with Crippen molar-refractivity contribution in [2.24, 2.45) is 0 Å². The van der Waals surface area contributed by atoms with Crippen LogP contribution < -0.4 is 0 Å². The second-order valence-corrected chi connectivity index (χ2v) is 6.07.